The summed E-state index contributed by atoms with van der Waals surface area (Å²) < 4.78 is 0. The van der Waals surface area contributed by atoms with Gasteiger partial charge < -0.3 is 10.0 Å². The molecule has 2 aliphatic rings. The minimum absolute atomic E-state index is 0.0862. The van der Waals surface area contributed by atoms with Crippen molar-refractivity contribution < 1.29 is 14.7 Å². The van der Waals surface area contributed by atoms with Gasteiger partial charge in [-0.25, -0.2) is 0 Å². The van der Waals surface area contributed by atoms with E-state index >= 15 is 0 Å². The van der Waals surface area contributed by atoms with Crippen LogP contribution in [0.2, 0.25) is 0 Å². The summed E-state index contributed by atoms with van der Waals surface area (Å²) in [4.78, 5) is 25.8. The molecule has 1 atom stereocenters. The van der Waals surface area contributed by atoms with E-state index in [0.29, 0.717) is 12.3 Å². The molecule has 1 heterocycles. The number of para-hydroxylation sites is 1. The van der Waals surface area contributed by atoms with Crippen LogP contribution in [0, 0.1) is 5.92 Å². The molecular formula is C18H23NO3. The Morgan fingerprint density at radius 3 is 2.45 bits per heavy atom. The van der Waals surface area contributed by atoms with Crippen LogP contribution < -0.4 is 4.90 Å². The highest BCUT2D eigenvalue weighted by molar-refractivity contribution is 5.99. The second-order valence-electron chi connectivity index (χ2n) is 6.52. The Morgan fingerprint density at radius 1 is 1.09 bits per heavy atom. The summed E-state index contributed by atoms with van der Waals surface area (Å²) in [6.07, 6.45) is 7.79. The second kappa shape index (κ2) is 6.51. The number of aliphatic carboxylic acids is 1. The number of rotatable bonds is 3. The van der Waals surface area contributed by atoms with Crippen LogP contribution in [-0.2, 0) is 9.59 Å². The summed E-state index contributed by atoms with van der Waals surface area (Å²) in [5, 5.41) is 9.38. The van der Waals surface area contributed by atoms with Crippen molar-refractivity contribution in [2.24, 2.45) is 5.92 Å². The first-order valence-corrected chi connectivity index (χ1v) is 8.29. The third-order valence-electron chi connectivity index (χ3n) is 5.01. The van der Waals surface area contributed by atoms with E-state index in [1.54, 1.807) is 4.90 Å². The lowest BCUT2D eigenvalue weighted by Gasteiger charge is -2.21. The van der Waals surface area contributed by atoms with Gasteiger partial charge in [0.15, 0.2) is 0 Å². The van der Waals surface area contributed by atoms with Crippen LogP contribution >= 0.6 is 0 Å². The van der Waals surface area contributed by atoms with Gasteiger partial charge in [-0.2, -0.15) is 0 Å². The van der Waals surface area contributed by atoms with Crippen LogP contribution in [0.25, 0.3) is 0 Å². The molecule has 1 unspecified atom stereocenters. The van der Waals surface area contributed by atoms with Gasteiger partial charge in [-0.3, -0.25) is 9.59 Å². The van der Waals surface area contributed by atoms with Gasteiger partial charge in [-0.15, -0.1) is 0 Å². The molecule has 1 aliphatic carbocycles. The molecule has 1 amide bonds. The van der Waals surface area contributed by atoms with Gasteiger partial charge in [0.2, 0.25) is 5.91 Å². The third-order valence-corrected chi connectivity index (χ3v) is 5.01. The number of fused-ring (bicyclic) bond motifs is 1. The molecule has 0 radical (unpaired) electrons. The molecule has 0 spiro atoms. The summed E-state index contributed by atoms with van der Waals surface area (Å²) in [7, 11) is 0. The average molecular weight is 301 g/mol. The summed E-state index contributed by atoms with van der Waals surface area (Å²) in [6, 6.07) is 7.40. The maximum Gasteiger partial charge on any atom is 0.312 e. The second-order valence-corrected chi connectivity index (χ2v) is 6.52. The molecule has 3 rings (SSSR count). The standard InChI is InChI=1S/C18H23NO3/c20-17(11-13-7-3-1-2-4-8-13)19-12-15(18(21)22)14-9-5-6-10-16(14)19/h5-6,9-10,13,15H,1-4,7-8,11-12H2,(H,21,22). The average Bonchev–Trinajstić information content (AvgIpc) is 2.72. The normalized spacial score (nSPS) is 22.2. The molecule has 1 aromatic rings. The van der Waals surface area contributed by atoms with Crippen LogP contribution in [0.15, 0.2) is 24.3 Å². The number of carbonyl (C=O) groups excluding carboxylic acids is 1. The van der Waals surface area contributed by atoms with Gasteiger partial charge in [-0.05, 0) is 30.4 Å². The molecule has 1 aromatic carbocycles. The number of carbonyl (C=O) groups is 2. The number of anilines is 1. The minimum Gasteiger partial charge on any atom is -0.481 e. The molecule has 1 aliphatic heterocycles. The smallest absolute Gasteiger partial charge is 0.312 e. The first kappa shape index (κ1) is 15.1. The van der Waals surface area contributed by atoms with Crippen molar-refractivity contribution in [3.8, 4) is 0 Å². The molecule has 1 N–H and O–H groups in total. The lowest BCUT2D eigenvalue weighted by atomic mass is 9.96. The number of nitrogens with zero attached hydrogens (tertiary/aromatic N) is 1. The molecule has 1 saturated carbocycles. The molecule has 0 bridgehead atoms. The van der Waals surface area contributed by atoms with Crippen molar-refractivity contribution in [3.05, 3.63) is 29.8 Å². The number of hydrogen-bond acceptors (Lipinski definition) is 2. The largest absolute Gasteiger partial charge is 0.481 e. The van der Waals surface area contributed by atoms with E-state index in [9.17, 15) is 14.7 Å². The van der Waals surface area contributed by atoms with Crippen molar-refractivity contribution in [3.63, 3.8) is 0 Å². The zero-order valence-electron chi connectivity index (χ0n) is 12.8. The van der Waals surface area contributed by atoms with Crippen LogP contribution in [0.1, 0.15) is 56.4 Å². The molecule has 22 heavy (non-hydrogen) atoms. The molecular weight excluding hydrogens is 278 g/mol. The van der Waals surface area contributed by atoms with Crippen molar-refractivity contribution in [2.45, 2.75) is 50.9 Å². The summed E-state index contributed by atoms with van der Waals surface area (Å²) in [5.74, 6) is -0.888. The number of amides is 1. The first-order chi connectivity index (χ1) is 10.7. The van der Waals surface area contributed by atoms with Gasteiger partial charge >= 0.3 is 5.97 Å². The molecule has 1 fully saturated rings. The molecule has 0 saturated heterocycles. The predicted octanol–water partition coefficient (Wildman–Crippen LogP) is 3.56. The van der Waals surface area contributed by atoms with Gasteiger partial charge in [0, 0.05) is 18.7 Å². The number of benzene rings is 1. The summed E-state index contributed by atoms with van der Waals surface area (Å²) in [5.41, 5.74) is 1.55. The van der Waals surface area contributed by atoms with Crippen molar-refractivity contribution in [1.82, 2.24) is 0 Å². The minimum atomic E-state index is -0.850. The quantitative estimate of drug-likeness (QED) is 0.868. The van der Waals surface area contributed by atoms with E-state index in [1.807, 2.05) is 24.3 Å². The van der Waals surface area contributed by atoms with Gasteiger partial charge in [0.25, 0.3) is 0 Å². The zero-order chi connectivity index (χ0) is 15.5. The highest BCUT2D eigenvalue weighted by atomic mass is 16.4. The Kier molecular flexibility index (Phi) is 4.46. The molecule has 4 heteroatoms. The van der Waals surface area contributed by atoms with Crippen molar-refractivity contribution in [2.75, 3.05) is 11.4 Å². The Balaban J connectivity index is 1.74. The fourth-order valence-electron chi connectivity index (χ4n) is 3.78. The monoisotopic (exact) mass is 301 g/mol. The van der Waals surface area contributed by atoms with Crippen LogP contribution in [-0.4, -0.2) is 23.5 Å². The fourth-order valence-corrected chi connectivity index (χ4v) is 3.78. The predicted molar refractivity (Wildman–Crippen MR) is 85.0 cm³/mol. The van der Waals surface area contributed by atoms with E-state index in [0.717, 1.165) is 24.1 Å². The topological polar surface area (TPSA) is 57.6 Å². The summed E-state index contributed by atoms with van der Waals surface area (Å²) >= 11 is 0. The Bertz CT molecular complexity index is 561. The maximum atomic E-state index is 12.7. The Hall–Kier alpha value is -1.84. The van der Waals surface area contributed by atoms with Crippen molar-refractivity contribution >= 4 is 17.6 Å². The van der Waals surface area contributed by atoms with Gasteiger partial charge in [0.1, 0.15) is 5.92 Å². The highest BCUT2D eigenvalue weighted by Gasteiger charge is 2.36. The maximum absolute atomic E-state index is 12.7. The summed E-state index contributed by atoms with van der Waals surface area (Å²) in [6.45, 7) is 0.278. The SMILES string of the molecule is O=C(O)C1CN(C(=O)CC2CCCCCC2)c2ccccc21. The van der Waals surface area contributed by atoms with E-state index in [-0.39, 0.29) is 12.5 Å². The Labute approximate surface area is 131 Å². The first-order valence-electron chi connectivity index (χ1n) is 8.29. The van der Waals surface area contributed by atoms with E-state index in [2.05, 4.69) is 0 Å². The lowest BCUT2D eigenvalue weighted by Crippen LogP contribution is -2.32. The number of carboxylic acid groups (broad SMARTS) is 1. The zero-order valence-corrected chi connectivity index (χ0v) is 12.8. The van der Waals surface area contributed by atoms with E-state index in [1.165, 1.54) is 25.7 Å². The van der Waals surface area contributed by atoms with Crippen LogP contribution in [0.4, 0.5) is 5.69 Å². The van der Waals surface area contributed by atoms with Gasteiger partial charge in [0.05, 0.1) is 0 Å². The van der Waals surface area contributed by atoms with E-state index in [4.69, 9.17) is 0 Å². The number of carboxylic acids is 1. The highest BCUT2D eigenvalue weighted by Crippen LogP contribution is 2.37. The van der Waals surface area contributed by atoms with Crippen molar-refractivity contribution in [1.29, 1.82) is 0 Å². The molecule has 118 valence electrons. The number of hydrogen-bond donors (Lipinski definition) is 1. The van der Waals surface area contributed by atoms with E-state index < -0.39 is 11.9 Å². The molecule has 4 nitrogen and oxygen atoms in total. The van der Waals surface area contributed by atoms with Crippen LogP contribution in [0.5, 0.6) is 0 Å². The van der Waals surface area contributed by atoms with Gasteiger partial charge in [-0.1, -0.05) is 43.9 Å². The van der Waals surface area contributed by atoms with Crippen LogP contribution in [0.3, 0.4) is 0 Å². The fraction of sp³-hybridized carbons (Fsp3) is 0.556. The molecule has 0 aromatic heterocycles. The third kappa shape index (κ3) is 3.01. The lowest BCUT2D eigenvalue weighted by molar-refractivity contribution is -0.138. The Morgan fingerprint density at radius 2 is 1.77 bits per heavy atom.